The zero-order chi connectivity index (χ0) is 14.4. The first kappa shape index (κ1) is 16.0. The van der Waals surface area contributed by atoms with Crippen molar-refractivity contribution in [3.63, 3.8) is 0 Å². The van der Waals surface area contributed by atoms with E-state index in [1.54, 1.807) is 7.11 Å². The second-order valence-corrected chi connectivity index (χ2v) is 5.24. The topological polar surface area (TPSA) is 38.5 Å². The summed E-state index contributed by atoms with van der Waals surface area (Å²) < 4.78 is 5.55. The number of hydrogen-bond donors (Lipinski definition) is 1. The Hall–Kier alpha value is -1.06. The van der Waals surface area contributed by atoms with Gasteiger partial charge in [-0.05, 0) is 44.6 Å². The summed E-state index contributed by atoms with van der Waals surface area (Å²) in [7, 11) is 5.96. The molecular formula is C16H28N2O. The molecule has 0 fully saturated rings. The molecule has 2 unspecified atom stereocenters. The van der Waals surface area contributed by atoms with E-state index in [0.29, 0.717) is 18.5 Å². The van der Waals surface area contributed by atoms with Crippen molar-refractivity contribution < 1.29 is 4.74 Å². The van der Waals surface area contributed by atoms with Crippen molar-refractivity contribution in [2.75, 3.05) is 27.7 Å². The SMILES string of the molecule is CCc1ccc(OC)c(C(C(CC)CN)N(C)C)c1. The van der Waals surface area contributed by atoms with Crippen molar-refractivity contribution in [2.24, 2.45) is 11.7 Å². The summed E-state index contributed by atoms with van der Waals surface area (Å²) in [5.41, 5.74) is 8.55. The predicted molar refractivity (Wildman–Crippen MR) is 81.6 cm³/mol. The number of rotatable bonds is 7. The van der Waals surface area contributed by atoms with Gasteiger partial charge in [-0.3, -0.25) is 0 Å². The maximum Gasteiger partial charge on any atom is 0.123 e. The molecule has 0 spiro atoms. The number of methoxy groups -OCH3 is 1. The van der Waals surface area contributed by atoms with Gasteiger partial charge in [0.1, 0.15) is 5.75 Å². The van der Waals surface area contributed by atoms with Gasteiger partial charge < -0.3 is 15.4 Å². The molecule has 0 aliphatic rings. The van der Waals surface area contributed by atoms with Gasteiger partial charge in [0.2, 0.25) is 0 Å². The number of ether oxygens (including phenoxy) is 1. The van der Waals surface area contributed by atoms with Crippen LogP contribution in [0.2, 0.25) is 0 Å². The molecule has 2 N–H and O–H groups in total. The monoisotopic (exact) mass is 264 g/mol. The summed E-state index contributed by atoms with van der Waals surface area (Å²) >= 11 is 0. The Morgan fingerprint density at radius 2 is 1.95 bits per heavy atom. The lowest BCUT2D eigenvalue weighted by Crippen LogP contribution is -2.32. The molecule has 0 amide bonds. The fourth-order valence-corrected chi connectivity index (χ4v) is 2.71. The molecule has 0 saturated heterocycles. The van der Waals surface area contributed by atoms with E-state index in [2.05, 4.69) is 51.0 Å². The molecule has 0 saturated carbocycles. The van der Waals surface area contributed by atoms with E-state index in [0.717, 1.165) is 18.6 Å². The molecule has 0 aromatic heterocycles. The van der Waals surface area contributed by atoms with Crippen LogP contribution in [0.5, 0.6) is 5.75 Å². The molecule has 1 rings (SSSR count). The van der Waals surface area contributed by atoms with Crippen LogP contribution in [0.4, 0.5) is 0 Å². The number of aryl methyl sites for hydroxylation is 1. The van der Waals surface area contributed by atoms with Gasteiger partial charge in [0, 0.05) is 11.6 Å². The van der Waals surface area contributed by atoms with Crippen LogP contribution in [0.1, 0.15) is 37.4 Å². The van der Waals surface area contributed by atoms with E-state index in [4.69, 9.17) is 10.5 Å². The normalized spacial score (nSPS) is 14.5. The highest BCUT2D eigenvalue weighted by Crippen LogP contribution is 2.35. The Morgan fingerprint density at radius 3 is 2.37 bits per heavy atom. The fraction of sp³-hybridized carbons (Fsp3) is 0.625. The van der Waals surface area contributed by atoms with Crippen LogP contribution in [0, 0.1) is 5.92 Å². The van der Waals surface area contributed by atoms with Crippen LogP contribution in [0.3, 0.4) is 0 Å². The second kappa shape index (κ2) is 7.51. The van der Waals surface area contributed by atoms with Crippen molar-refractivity contribution in [3.05, 3.63) is 29.3 Å². The van der Waals surface area contributed by atoms with Crippen molar-refractivity contribution in [1.82, 2.24) is 4.90 Å². The highest BCUT2D eigenvalue weighted by atomic mass is 16.5. The zero-order valence-electron chi connectivity index (χ0n) is 12.9. The lowest BCUT2D eigenvalue weighted by Gasteiger charge is -2.32. The quantitative estimate of drug-likeness (QED) is 0.823. The smallest absolute Gasteiger partial charge is 0.123 e. The second-order valence-electron chi connectivity index (χ2n) is 5.24. The van der Waals surface area contributed by atoms with Crippen LogP contribution in [-0.2, 0) is 6.42 Å². The largest absolute Gasteiger partial charge is 0.496 e. The number of nitrogens with two attached hydrogens (primary N) is 1. The standard InChI is InChI=1S/C16H28N2O/c1-6-12-8-9-15(19-5)14(10-12)16(18(3)4)13(7-2)11-17/h8-10,13,16H,6-7,11,17H2,1-5H3. The Kier molecular flexibility index (Phi) is 6.32. The van der Waals surface area contributed by atoms with Crippen molar-refractivity contribution >= 4 is 0 Å². The van der Waals surface area contributed by atoms with Crippen LogP contribution in [0.25, 0.3) is 0 Å². The lowest BCUT2D eigenvalue weighted by atomic mass is 9.88. The maximum atomic E-state index is 5.95. The third-order valence-corrected chi connectivity index (χ3v) is 3.85. The van der Waals surface area contributed by atoms with Gasteiger partial charge >= 0.3 is 0 Å². The number of nitrogens with zero attached hydrogens (tertiary/aromatic N) is 1. The Labute approximate surface area is 117 Å². The zero-order valence-corrected chi connectivity index (χ0v) is 12.9. The molecule has 108 valence electrons. The van der Waals surface area contributed by atoms with Crippen LogP contribution < -0.4 is 10.5 Å². The average molecular weight is 264 g/mol. The van der Waals surface area contributed by atoms with Gasteiger partial charge in [0.05, 0.1) is 7.11 Å². The molecule has 1 aromatic rings. The maximum absolute atomic E-state index is 5.95. The van der Waals surface area contributed by atoms with Crippen LogP contribution in [-0.4, -0.2) is 32.6 Å². The van der Waals surface area contributed by atoms with Crippen LogP contribution >= 0.6 is 0 Å². The lowest BCUT2D eigenvalue weighted by molar-refractivity contribution is 0.205. The molecule has 3 heteroatoms. The first-order valence-electron chi connectivity index (χ1n) is 7.12. The predicted octanol–water partition coefficient (Wildman–Crippen LogP) is 2.85. The molecule has 0 bridgehead atoms. The van der Waals surface area contributed by atoms with E-state index >= 15 is 0 Å². The summed E-state index contributed by atoms with van der Waals surface area (Å²) in [6.07, 6.45) is 2.11. The molecule has 3 nitrogen and oxygen atoms in total. The van der Waals surface area contributed by atoms with Crippen molar-refractivity contribution in [1.29, 1.82) is 0 Å². The molecular weight excluding hydrogens is 236 g/mol. The number of hydrogen-bond acceptors (Lipinski definition) is 3. The Morgan fingerprint density at radius 1 is 1.26 bits per heavy atom. The molecule has 0 heterocycles. The fourth-order valence-electron chi connectivity index (χ4n) is 2.71. The average Bonchev–Trinajstić information content (AvgIpc) is 2.43. The molecule has 2 atom stereocenters. The van der Waals surface area contributed by atoms with Gasteiger partial charge in [-0.15, -0.1) is 0 Å². The highest BCUT2D eigenvalue weighted by Gasteiger charge is 2.25. The highest BCUT2D eigenvalue weighted by molar-refractivity contribution is 5.40. The third kappa shape index (κ3) is 3.71. The van der Waals surface area contributed by atoms with Gasteiger partial charge in [0.25, 0.3) is 0 Å². The van der Waals surface area contributed by atoms with E-state index < -0.39 is 0 Å². The third-order valence-electron chi connectivity index (χ3n) is 3.85. The Balaban J connectivity index is 3.27. The molecule has 1 aromatic carbocycles. The molecule has 0 radical (unpaired) electrons. The van der Waals surface area contributed by atoms with Crippen LogP contribution in [0.15, 0.2) is 18.2 Å². The first-order chi connectivity index (χ1) is 9.08. The van der Waals surface area contributed by atoms with Gasteiger partial charge in [0.15, 0.2) is 0 Å². The summed E-state index contributed by atoms with van der Waals surface area (Å²) in [5.74, 6) is 1.40. The van der Waals surface area contributed by atoms with E-state index in [9.17, 15) is 0 Å². The minimum absolute atomic E-state index is 0.302. The van der Waals surface area contributed by atoms with Crippen molar-refractivity contribution in [2.45, 2.75) is 32.7 Å². The molecule has 0 aliphatic heterocycles. The van der Waals surface area contributed by atoms with E-state index in [-0.39, 0.29) is 0 Å². The number of benzene rings is 1. The minimum Gasteiger partial charge on any atom is -0.496 e. The van der Waals surface area contributed by atoms with E-state index in [1.165, 1.54) is 11.1 Å². The van der Waals surface area contributed by atoms with E-state index in [1.807, 2.05) is 0 Å². The molecule has 19 heavy (non-hydrogen) atoms. The van der Waals surface area contributed by atoms with Gasteiger partial charge in [-0.2, -0.15) is 0 Å². The first-order valence-corrected chi connectivity index (χ1v) is 7.12. The Bertz CT molecular complexity index is 386. The summed E-state index contributed by atoms with van der Waals surface area (Å²) in [6, 6.07) is 6.78. The summed E-state index contributed by atoms with van der Waals surface area (Å²) in [6.45, 7) is 5.07. The molecule has 0 aliphatic carbocycles. The van der Waals surface area contributed by atoms with Gasteiger partial charge in [-0.1, -0.05) is 32.4 Å². The van der Waals surface area contributed by atoms with Gasteiger partial charge in [-0.25, -0.2) is 0 Å². The summed E-state index contributed by atoms with van der Waals surface area (Å²) in [5, 5.41) is 0. The van der Waals surface area contributed by atoms with Crippen molar-refractivity contribution in [3.8, 4) is 5.75 Å². The minimum atomic E-state index is 0.302. The summed E-state index contributed by atoms with van der Waals surface area (Å²) in [4.78, 5) is 2.25.